The molecule has 0 unspecified atom stereocenters. The predicted molar refractivity (Wildman–Crippen MR) is 124 cm³/mol. The van der Waals surface area contributed by atoms with Gasteiger partial charge in [0, 0.05) is 22.7 Å². The molecule has 0 fully saturated rings. The van der Waals surface area contributed by atoms with E-state index in [-0.39, 0.29) is 18.4 Å². The molecular weight excluding hydrogens is 406 g/mol. The summed E-state index contributed by atoms with van der Waals surface area (Å²) in [7, 11) is 1.53. The van der Waals surface area contributed by atoms with Gasteiger partial charge in [-0.15, -0.1) is 0 Å². The van der Waals surface area contributed by atoms with Crippen molar-refractivity contribution in [2.24, 2.45) is 5.10 Å². The van der Waals surface area contributed by atoms with E-state index in [0.29, 0.717) is 17.9 Å². The monoisotopic (exact) mass is 429 g/mol. The van der Waals surface area contributed by atoms with Crippen molar-refractivity contribution >= 4 is 39.8 Å². The fourth-order valence-corrected chi connectivity index (χ4v) is 3.64. The van der Waals surface area contributed by atoms with E-state index < -0.39 is 0 Å². The molecule has 0 atom stereocenters. The number of amides is 1. The Kier molecular flexibility index (Phi) is 6.17. The van der Waals surface area contributed by atoms with Gasteiger partial charge < -0.3 is 14.0 Å². The Hall–Kier alpha value is -4.13. The van der Waals surface area contributed by atoms with E-state index in [0.717, 1.165) is 27.2 Å². The summed E-state index contributed by atoms with van der Waals surface area (Å²) in [5.41, 5.74) is 4.62. The molecule has 0 aliphatic heterocycles. The Balaban J connectivity index is 1.57. The van der Waals surface area contributed by atoms with E-state index in [9.17, 15) is 9.59 Å². The van der Waals surface area contributed by atoms with Crippen LogP contribution >= 0.6 is 0 Å². The van der Waals surface area contributed by atoms with Crippen molar-refractivity contribution in [2.45, 2.75) is 13.5 Å². The van der Waals surface area contributed by atoms with Crippen LogP contribution in [0.5, 0.6) is 5.75 Å². The van der Waals surface area contributed by atoms with Gasteiger partial charge in [-0.25, -0.2) is 5.43 Å². The Morgan fingerprint density at radius 1 is 1.06 bits per heavy atom. The second-order valence-corrected chi connectivity index (χ2v) is 7.13. The lowest BCUT2D eigenvalue weighted by Crippen LogP contribution is -2.18. The summed E-state index contributed by atoms with van der Waals surface area (Å²) in [5.74, 6) is -0.213. The topological polar surface area (TPSA) is 81.9 Å². The van der Waals surface area contributed by atoms with Gasteiger partial charge in [-0.2, -0.15) is 5.10 Å². The summed E-state index contributed by atoms with van der Waals surface area (Å²) in [6, 6.07) is 19.0. The van der Waals surface area contributed by atoms with E-state index in [2.05, 4.69) is 10.5 Å². The highest BCUT2D eigenvalue weighted by molar-refractivity contribution is 6.03. The molecule has 0 spiro atoms. The van der Waals surface area contributed by atoms with Gasteiger partial charge in [0.15, 0.2) is 0 Å². The van der Waals surface area contributed by atoms with Gasteiger partial charge in [-0.1, -0.05) is 42.5 Å². The molecule has 162 valence electrons. The third-order valence-electron chi connectivity index (χ3n) is 5.11. The average molecular weight is 429 g/mol. The highest BCUT2D eigenvalue weighted by Gasteiger charge is 2.14. The quantitative estimate of drug-likeness (QED) is 0.272. The van der Waals surface area contributed by atoms with Crippen molar-refractivity contribution in [3.63, 3.8) is 0 Å². The van der Waals surface area contributed by atoms with Crippen molar-refractivity contribution < 1.29 is 19.1 Å². The molecule has 0 aliphatic carbocycles. The number of nitrogens with one attached hydrogen (secondary N) is 1. The average Bonchev–Trinajstić information content (AvgIpc) is 3.15. The molecule has 32 heavy (non-hydrogen) atoms. The Labute approximate surface area is 185 Å². The molecule has 0 saturated carbocycles. The van der Waals surface area contributed by atoms with Gasteiger partial charge in [-0.05, 0) is 35.9 Å². The largest absolute Gasteiger partial charge is 0.496 e. The summed E-state index contributed by atoms with van der Waals surface area (Å²) in [5, 5.41) is 6.98. The first-order valence-corrected chi connectivity index (χ1v) is 10.2. The molecular formula is C25H23N3O4. The Morgan fingerprint density at radius 3 is 2.53 bits per heavy atom. The summed E-state index contributed by atoms with van der Waals surface area (Å²) in [6.45, 7) is 2.20. The van der Waals surface area contributed by atoms with E-state index in [1.165, 1.54) is 7.11 Å². The number of benzene rings is 3. The maximum Gasteiger partial charge on any atom is 0.325 e. The summed E-state index contributed by atoms with van der Waals surface area (Å²) < 4.78 is 12.3. The lowest BCUT2D eigenvalue weighted by Gasteiger charge is -2.09. The molecule has 0 radical (unpaired) electrons. The van der Waals surface area contributed by atoms with Crippen LogP contribution in [0.15, 0.2) is 72.0 Å². The molecule has 4 aromatic rings. The highest BCUT2D eigenvalue weighted by Crippen LogP contribution is 2.26. The molecule has 4 rings (SSSR count). The van der Waals surface area contributed by atoms with Gasteiger partial charge in [-0.3, -0.25) is 9.59 Å². The number of aromatic nitrogens is 1. The van der Waals surface area contributed by atoms with E-state index in [1.54, 1.807) is 19.2 Å². The van der Waals surface area contributed by atoms with Crippen molar-refractivity contribution in [3.05, 3.63) is 78.0 Å². The number of carbonyl (C=O) groups excluding carboxylic acids is 2. The predicted octanol–water partition coefficient (Wildman–Crippen LogP) is 4.13. The lowest BCUT2D eigenvalue weighted by molar-refractivity contribution is -0.143. The van der Waals surface area contributed by atoms with E-state index >= 15 is 0 Å². The number of fused-ring (bicyclic) bond motifs is 2. The second-order valence-electron chi connectivity index (χ2n) is 7.13. The zero-order chi connectivity index (χ0) is 22.5. The van der Waals surface area contributed by atoms with Crippen molar-refractivity contribution in [1.29, 1.82) is 0 Å². The molecule has 7 nitrogen and oxygen atoms in total. The first kappa shape index (κ1) is 21.1. The van der Waals surface area contributed by atoms with Crippen LogP contribution in [0.25, 0.3) is 21.7 Å². The normalized spacial score (nSPS) is 11.2. The maximum atomic E-state index is 12.8. The first-order chi connectivity index (χ1) is 15.6. The highest BCUT2D eigenvalue weighted by atomic mass is 16.5. The maximum absolute atomic E-state index is 12.8. The van der Waals surface area contributed by atoms with Crippen LogP contribution in [0, 0.1) is 0 Å². The second kappa shape index (κ2) is 9.34. The van der Waals surface area contributed by atoms with Gasteiger partial charge >= 0.3 is 5.97 Å². The minimum absolute atomic E-state index is 0.100. The summed E-state index contributed by atoms with van der Waals surface area (Å²) in [4.78, 5) is 24.7. The van der Waals surface area contributed by atoms with E-state index in [1.807, 2.05) is 65.4 Å². The number of esters is 1. The molecule has 1 heterocycles. The third-order valence-corrected chi connectivity index (χ3v) is 5.11. The van der Waals surface area contributed by atoms with Gasteiger partial charge in [0.05, 0.1) is 25.5 Å². The number of nitrogens with zero attached hydrogens (tertiary/aromatic N) is 2. The number of methoxy groups -OCH3 is 1. The molecule has 1 N–H and O–H groups in total. The van der Waals surface area contributed by atoms with Crippen LogP contribution < -0.4 is 10.2 Å². The van der Waals surface area contributed by atoms with Crippen LogP contribution in [-0.4, -0.2) is 36.4 Å². The van der Waals surface area contributed by atoms with Crippen LogP contribution in [0.2, 0.25) is 0 Å². The smallest absolute Gasteiger partial charge is 0.325 e. The van der Waals surface area contributed by atoms with Gasteiger partial charge in [0.25, 0.3) is 5.91 Å². The SMILES string of the molecule is CCOC(=O)Cn1cc(/C=N\NC(=O)c2cc3ccccc3cc2OC)c2ccccc21. The zero-order valence-corrected chi connectivity index (χ0v) is 17.9. The third kappa shape index (κ3) is 4.32. The van der Waals surface area contributed by atoms with Gasteiger partial charge in [0.2, 0.25) is 0 Å². The molecule has 0 aliphatic rings. The number of carbonyl (C=O) groups is 2. The lowest BCUT2D eigenvalue weighted by atomic mass is 10.1. The zero-order valence-electron chi connectivity index (χ0n) is 17.9. The fourth-order valence-electron chi connectivity index (χ4n) is 3.64. The van der Waals surface area contributed by atoms with Crippen molar-refractivity contribution in [1.82, 2.24) is 9.99 Å². The number of ether oxygens (including phenoxy) is 2. The standard InChI is InChI=1S/C25H23N3O4/c1-3-32-24(29)16-28-15-19(20-10-6-7-11-22(20)28)14-26-27-25(30)21-12-17-8-4-5-9-18(17)13-23(21)31-2/h4-15H,3,16H2,1-2H3,(H,27,30)/b26-14-. The Morgan fingerprint density at radius 2 is 1.78 bits per heavy atom. The van der Waals surface area contributed by atoms with Gasteiger partial charge in [0.1, 0.15) is 12.3 Å². The first-order valence-electron chi connectivity index (χ1n) is 10.2. The van der Waals surface area contributed by atoms with Crippen LogP contribution in [0.3, 0.4) is 0 Å². The van der Waals surface area contributed by atoms with Crippen molar-refractivity contribution in [2.75, 3.05) is 13.7 Å². The molecule has 3 aromatic carbocycles. The van der Waals surface area contributed by atoms with Crippen LogP contribution in [0.4, 0.5) is 0 Å². The van der Waals surface area contributed by atoms with E-state index in [4.69, 9.17) is 9.47 Å². The number of hydrogen-bond acceptors (Lipinski definition) is 5. The molecule has 1 aromatic heterocycles. The fraction of sp³-hybridized carbons (Fsp3) is 0.160. The molecule has 7 heteroatoms. The molecule has 0 bridgehead atoms. The van der Waals surface area contributed by atoms with Crippen LogP contribution in [0.1, 0.15) is 22.8 Å². The molecule has 1 amide bonds. The van der Waals surface area contributed by atoms with Crippen molar-refractivity contribution in [3.8, 4) is 5.75 Å². The summed E-state index contributed by atoms with van der Waals surface area (Å²) >= 11 is 0. The van der Waals surface area contributed by atoms with Crippen LogP contribution in [-0.2, 0) is 16.1 Å². The minimum Gasteiger partial charge on any atom is -0.496 e. The number of para-hydroxylation sites is 1. The Bertz CT molecular complexity index is 1320. The number of hydrogen-bond donors (Lipinski definition) is 1. The molecule has 0 saturated heterocycles. The number of rotatable bonds is 7. The minimum atomic E-state index is -0.376. The summed E-state index contributed by atoms with van der Waals surface area (Å²) in [6.07, 6.45) is 3.38. The number of hydrazone groups is 1.